The maximum absolute atomic E-state index is 9.79. The lowest BCUT2D eigenvalue weighted by Crippen LogP contribution is -2.42. The highest BCUT2D eigenvalue weighted by Gasteiger charge is 2.55. The summed E-state index contributed by atoms with van der Waals surface area (Å²) in [5, 5.41) is 27.9. The molecule has 0 spiro atoms. The van der Waals surface area contributed by atoms with Crippen molar-refractivity contribution in [2.24, 2.45) is 0 Å². The summed E-state index contributed by atoms with van der Waals surface area (Å²) in [6.07, 6.45) is -4.26. The molecule has 2 rings (SSSR count). The van der Waals surface area contributed by atoms with Crippen LogP contribution < -0.4 is 0 Å². The second kappa shape index (κ2) is 3.65. The van der Waals surface area contributed by atoms with Crippen molar-refractivity contribution in [3.8, 4) is 0 Å². The van der Waals surface area contributed by atoms with E-state index in [0.717, 1.165) is 0 Å². The van der Waals surface area contributed by atoms with E-state index in [4.69, 9.17) is 19.3 Å². The monoisotopic (exact) mass is 220 g/mol. The topological polar surface area (TPSA) is 88.4 Å². The van der Waals surface area contributed by atoms with E-state index in [-0.39, 0.29) is 0 Å². The fourth-order valence-electron chi connectivity index (χ4n) is 1.94. The first-order valence-corrected chi connectivity index (χ1v) is 4.93. The van der Waals surface area contributed by atoms with Gasteiger partial charge in [-0.15, -0.1) is 0 Å². The second-order valence-corrected chi connectivity index (χ2v) is 4.31. The van der Waals surface area contributed by atoms with Gasteiger partial charge < -0.3 is 29.5 Å². The van der Waals surface area contributed by atoms with E-state index < -0.39 is 43.1 Å². The van der Waals surface area contributed by atoms with Crippen LogP contribution in [0.4, 0.5) is 0 Å². The number of rotatable bonds is 2. The van der Waals surface area contributed by atoms with Crippen molar-refractivity contribution < 1.29 is 29.5 Å². The molecule has 88 valence electrons. The highest BCUT2D eigenvalue weighted by atomic mass is 16.8. The molecule has 2 fully saturated rings. The van der Waals surface area contributed by atoms with E-state index in [1.807, 2.05) is 0 Å². The van der Waals surface area contributed by atoms with Gasteiger partial charge in [0.1, 0.15) is 24.4 Å². The maximum atomic E-state index is 9.79. The van der Waals surface area contributed by atoms with Crippen molar-refractivity contribution >= 4 is 0 Å². The molecule has 0 aromatic carbocycles. The lowest BCUT2D eigenvalue weighted by Gasteiger charge is -2.24. The Balaban J connectivity index is 2.05. The van der Waals surface area contributed by atoms with Gasteiger partial charge in [0, 0.05) is 0 Å². The molecular weight excluding hydrogens is 204 g/mol. The molecule has 6 heteroatoms. The van der Waals surface area contributed by atoms with E-state index in [2.05, 4.69) is 0 Å². The van der Waals surface area contributed by atoms with Crippen molar-refractivity contribution in [2.45, 2.75) is 50.3 Å². The van der Waals surface area contributed by atoms with Crippen LogP contribution in [-0.4, -0.2) is 58.4 Å². The Hall–Kier alpha value is -0.240. The van der Waals surface area contributed by atoms with E-state index >= 15 is 0 Å². The largest absolute Gasteiger partial charge is 0.394 e. The smallest absolute Gasteiger partial charge is 0.190 e. The second-order valence-electron chi connectivity index (χ2n) is 4.31. The fraction of sp³-hybridized carbons (Fsp3) is 1.00. The van der Waals surface area contributed by atoms with Gasteiger partial charge in [-0.3, -0.25) is 0 Å². The molecule has 0 aromatic rings. The normalized spacial score (nSPS) is 45.4. The molecule has 15 heavy (non-hydrogen) atoms. The van der Waals surface area contributed by atoms with Crippen molar-refractivity contribution in [2.75, 3.05) is 6.61 Å². The van der Waals surface area contributed by atoms with E-state index in [1.54, 1.807) is 13.8 Å². The highest BCUT2D eigenvalue weighted by molar-refractivity contribution is 4.95. The minimum Gasteiger partial charge on any atom is -0.394 e. The Morgan fingerprint density at radius 3 is 2.53 bits per heavy atom. The number of hydrogen-bond donors (Lipinski definition) is 3. The van der Waals surface area contributed by atoms with Crippen molar-refractivity contribution in [1.29, 1.82) is 0 Å². The van der Waals surface area contributed by atoms with Crippen LogP contribution in [0.3, 0.4) is 0 Å². The first-order chi connectivity index (χ1) is 6.94. The number of fused-ring (bicyclic) bond motifs is 1. The molecule has 2 aliphatic rings. The van der Waals surface area contributed by atoms with Crippen LogP contribution >= 0.6 is 0 Å². The minimum absolute atomic E-state index is 0.468. The Morgan fingerprint density at radius 2 is 2.00 bits per heavy atom. The van der Waals surface area contributed by atoms with Gasteiger partial charge in [0.25, 0.3) is 0 Å². The van der Waals surface area contributed by atoms with Gasteiger partial charge in [-0.25, -0.2) is 0 Å². The van der Waals surface area contributed by atoms with Crippen LogP contribution in [0.2, 0.25) is 0 Å². The minimum atomic E-state index is -1.12. The van der Waals surface area contributed by atoms with E-state index in [1.165, 1.54) is 0 Å². The van der Waals surface area contributed by atoms with Crippen LogP contribution in [0.1, 0.15) is 13.8 Å². The summed E-state index contributed by atoms with van der Waals surface area (Å²) in [5.41, 5.74) is 0. The summed E-state index contributed by atoms with van der Waals surface area (Å²) < 4.78 is 16.1. The van der Waals surface area contributed by atoms with Gasteiger partial charge in [0.05, 0.1) is 6.61 Å². The molecule has 6 nitrogen and oxygen atoms in total. The van der Waals surface area contributed by atoms with Gasteiger partial charge in [0.15, 0.2) is 12.1 Å². The fourth-order valence-corrected chi connectivity index (χ4v) is 1.94. The third-order valence-corrected chi connectivity index (χ3v) is 2.62. The Morgan fingerprint density at radius 1 is 1.33 bits per heavy atom. The maximum Gasteiger partial charge on any atom is 0.190 e. The summed E-state index contributed by atoms with van der Waals surface area (Å²) in [4.78, 5) is 0. The van der Waals surface area contributed by atoms with Crippen LogP contribution in [0.5, 0.6) is 0 Å². The van der Waals surface area contributed by atoms with Crippen molar-refractivity contribution in [3.63, 3.8) is 0 Å². The molecule has 0 radical (unpaired) electrons. The summed E-state index contributed by atoms with van der Waals surface area (Å²) in [7, 11) is 0. The van der Waals surface area contributed by atoms with Gasteiger partial charge >= 0.3 is 0 Å². The Kier molecular flexibility index (Phi) is 2.74. The Labute approximate surface area is 87.4 Å². The van der Waals surface area contributed by atoms with Gasteiger partial charge in [-0.05, 0) is 13.8 Å². The van der Waals surface area contributed by atoms with Crippen LogP contribution in [-0.2, 0) is 14.2 Å². The average molecular weight is 220 g/mol. The molecule has 2 saturated heterocycles. The number of ether oxygens (including phenoxy) is 3. The molecule has 2 heterocycles. The van der Waals surface area contributed by atoms with Gasteiger partial charge in [-0.1, -0.05) is 0 Å². The summed E-state index contributed by atoms with van der Waals surface area (Å²) in [5.74, 6) is -0.786. The molecule has 0 saturated carbocycles. The predicted octanol–water partition coefficient (Wildman–Crippen LogP) is -1.42. The molecule has 5 atom stereocenters. The zero-order valence-corrected chi connectivity index (χ0v) is 8.66. The van der Waals surface area contributed by atoms with Gasteiger partial charge in [0.2, 0.25) is 0 Å². The molecule has 0 aliphatic carbocycles. The van der Waals surface area contributed by atoms with Gasteiger partial charge in [-0.2, -0.15) is 0 Å². The third kappa shape index (κ3) is 1.89. The third-order valence-electron chi connectivity index (χ3n) is 2.62. The first-order valence-electron chi connectivity index (χ1n) is 4.93. The quantitative estimate of drug-likeness (QED) is 0.529. The molecule has 2 unspecified atom stereocenters. The Bertz CT molecular complexity index is 243. The van der Waals surface area contributed by atoms with E-state index in [0.29, 0.717) is 0 Å². The zero-order valence-electron chi connectivity index (χ0n) is 8.66. The van der Waals surface area contributed by atoms with E-state index in [9.17, 15) is 10.2 Å². The lowest BCUT2D eigenvalue weighted by molar-refractivity contribution is -0.227. The predicted molar refractivity (Wildman–Crippen MR) is 47.8 cm³/mol. The average Bonchev–Trinajstić information content (AvgIpc) is 2.60. The number of aliphatic hydroxyl groups excluding tert-OH is 3. The number of hydrogen-bond acceptors (Lipinski definition) is 6. The molecular formula is C9H16O6. The summed E-state index contributed by atoms with van der Waals surface area (Å²) in [6.45, 7) is 2.97. The van der Waals surface area contributed by atoms with Crippen molar-refractivity contribution in [1.82, 2.24) is 0 Å². The summed E-state index contributed by atoms with van der Waals surface area (Å²) >= 11 is 0. The first kappa shape index (κ1) is 11.3. The SMILES string of the molecule is CC1(C)OC2O[C@H](C(O)CO)[C@H](O)[C@H]2O1. The molecule has 0 bridgehead atoms. The number of aliphatic hydroxyl groups is 3. The molecule has 0 amide bonds. The lowest BCUT2D eigenvalue weighted by atomic mass is 10.1. The molecule has 2 aliphatic heterocycles. The molecule has 3 N–H and O–H groups in total. The van der Waals surface area contributed by atoms with Crippen LogP contribution in [0.15, 0.2) is 0 Å². The highest BCUT2D eigenvalue weighted by Crippen LogP contribution is 2.38. The molecule has 0 aromatic heterocycles. The standard InChI is InChI=1S/C9H16O6/c1-9(2)14-7-5(12)6(4(11)3-10)13-8(7)15-9/h4-8,10-12H,3H2,1-2H3/t4?,5-,6+,7+,8?/m0/s1. The van der Waals surface area contributed by atoms with Crippen molar-refractivity contribution in [3.05, 3.63) is 0 Å². The summed E-state index contributed by atoms with van der Waals surface area (Å²) in [6, 6.07) is 0. The van der Waals surface area contributed by atoms with Crippen LogP contribution in [0.25, 0.3) is 0 Å². The van der Waals surface area contributed by atoms with Crippen LogP contribution in [0, 0.1) is 0 Å². The zero-order chi connectivity index (χ0) is 11.2.